The molecule has 0 bridgehead atoms. The number of aliphatic imine (C=N–C) groups is 1. The van der Waals surface area contributed by atoms with Crippen molar-refractivity contribution in [3.05, 3.63) is 22.4 Å². The molecule has 1 aromatic rings. The molecule has 1 aromatic heterocycles. The van der Waals surface area contributed by atoms with E-state index in [1.165, 1.54) is 50.1 Å². The summed E-state index contributed by atoms with van der Waals surface area (Å²) >= 11 is 1.82. The van der Waals surface area contributed by atoms with Crippen molar-refractivity contribution in [2.75, 3.05) is 33.2 Å². The quantitative estimate of drug-likeness (QED) is 0.254. The molecule has 0 aliphatic carbocycles. The first-order valence-electron chi connectivity index (χ1n) is 9.42. The highest BCUT2D eigenvalue weighted by Crippen LogP contribution is 2.19. The average Bonchev–Trinajstić information content (AvgIpc) is 3.13. The summed E-state index contributed by atoms with van der Waals surface area (Å²) in [6.07, 6.45) is 6.62. The van der Waals surface area contributed by atoms with Crippen molar-refractivity contribution in [2.45, 2.75) is 57.9 Å². The maximum absolute atomic E-state index is 4.33. The van der Waals surface area contributed by atoms with Gasteiger partial charge in [-0.25, -0.2) is 0 Å². The lowest BCUT2D eigenvalue weighted by molar-refractivity contribution is 0.158. The number of nitrogens with zero attached hydrogens (tertiary/aromatic N) is 2. The molecular weight excluding hydrogens is 443 g/mol. The fourth-order valence-electron chi connectivity index (χ4n) is 3.28. The van der Waals surface area contributed by atoms with E-state index >= 15 is 0 Å². The van der Waals surface area contributed by atoms with Gasteiger partial charge in [0.2, 0.25) is 0 Å². The second-order valence-electron chi connectivity index (χ2n) is 6.88. The summed E-state index contributed by atoms with van der Waals surface area (Å²) in [4.78, 5) is 8.40. The zero-order valence-corrected chi connectivity index (χ0v) is 19.1. The summed E-state index contributed by atoms with van der Waals surface area (Å²) in [6.45, 7) is 9.08. The fourth-order valence-corrected chi connectivity index (χ4v) is 4.07. The van der Waals surface area contributed by atoms with Gasteiger partial charge in [0.05, 0.1) is 0 Å². The Balaban J connectivity index is 0.00000312. The van der Waals surface area contributed by atoms with E-state index in [-0.39, 0.29) is 24.0 Å². The van der Waals surface area contributed by atoms with E-state index in [1.807, 2.05) is 18.4 Å². The topological polar surface area (TPSA) is 39.7 Å². The molecule has 0 aromatic carbocycles. The molecule has 144 valence electrons. The summed E-state index contributed by atoms with van der Waals surface area (Å²) < 4.78 is 0. The van der Waals surface area contributed by atoms with Crippen LogP contribution in [0.3, 0.4) is 0 Å². The molecule has 1 saturated heterocycles. The molecule has 1 fully saturated rings. The Labute approximate surface area is 174 Å². The van der Waals surface area contributed by atoms with Gasteiger partial charge in [0.1, 0.15) is 0 Å². The lowest BCUT2D eigenvalue weighted by atomic mass is 10.0. The molecule has 2 atom stereocenters. The predicted octanol–water partition coefficient (Wildman–Crippen LogP) is 4.29. The number of rotatable bonds is 8. The molecule has 0 spiro atoms. The first-order chi connectivity index (χ1) is 11.7. The van der Waals surface area contributed by atoms with Crippen LogP contribution in [-0.2, 0) is 0 Å². The van der Waals surface area contributed by atoms with Gasteiger partial charge in [0, 0.05) is 37.0 Å². The summed E-state index contributed by atoms with van der Waals surface area (Å²) in [5.41, 5.74) is 0. The predicted molar refractivity (Wildman–Crippen MR) is 122 cm³/mol. The maximum atomic E-state index is 4.33. The van der Waals surface area contributed by atoms with E-state index in [0.29, 0.717) is 5.92 Å². The van der Waals surface area contributed by atoms with Crippen molar-refractivity contribution in [3.8, 4) is 0 Å². The van der Waals surface area contributed by atoms with Crippen LogP contribution in [0.5, 0.6) is 0 Å². The molecule has 6 heteroatoms. The van der Waals surface area contributed by atoms with Crippen LogP contribution in [0.1, 0.15) is 56.7 Å². The summed E-state index contributed by atoms with van der Waals surface area (Å²) in [7, 11) is 1.85. The Kier molecular flexibility index (Phi) is 11.7. The van der Waals surface area contributed by atoms with Gasteiger partial charge in [-0.05, 0) is 57.1 Å². The molecular formula is C19H35IN4S. The van der Waals surface area contributed by atoms with E-state index < -0.39 is 0 Å². The van der Waals surface area contributed by atoms with Crippen molar-refractivity contribution in [1.29, 1.82) is 0 Å². The zero-order chi connectivity index (χ0) is 17.2. The first kappa shape index (κ1) is 22.7. The number of piperidine rings is 1. The molecule has 1 aliphatic rings. The number of halogens is 1. The standard InChI is InChI=1S/C19H34N4S.HI/c1-16(18-10-8-14-24-18)15-22-19(20-3)21-11-5-7-13-23-12-6-4-9-17(23)2;/h8,10,14,16-17H,4-7,9,11-13,15H2,1-3H3,(H2,20,21,22);1H. The monoisotopic (exact) mass is 478 g/mol. The molecule has 25 heavy (non-hydrogen) atoms. The lowest BCUT2D eigenvalue weighted by Crippen LogP contribution is -2.40. The van der Waals surface area contributed by atoms with Crippen LogP contribution in [0.2, 0.25) is 0 Å². The first-order valence-corrected chi connectivity index (χ1v) is 10.3. The highest BCUT2D eigenvalue weighted by atomic mass is 127. The Hall–Kier alpha value is -0.340. The number of hydrogen-bond acceptors (Lipinski definition) is 3. The van der Waals surface area contributed by atoms with Crippen LogP contribution in [-0.4, -0.2) is 50.1 Å². The van der Waals surface area contributed by atoms with Gasteiger partial charge in [0.25, 0.3) is 0 Å². The van der Waals surface area contributed by atoms with Crippen LogP contribution < -0.4 is 10.6 Å². The fraction of sp³-hybridized carbons (Fsp3) is 0.737. The van der Waals surface area contributed by atoms with Crippen LogP contribution in [0.25, 0.3) is 0 Å². The number of unbranched alkanes of at least 4 members (excludes halogenated alkanes) is 1. The Morgan fingerprint density at radius 1 is 1.36 bits per heavy atom. The SMILES string of the molecule is CN=C(NCCCCN1CCCCC1C)NCC(C)c1cccs1.I. The van der Waals surface area contributed by atoms with Crippen molar-refractivity contribution in [2.24, 2.45) is 4.99 Å². The minimum absolute atomic E-state index is 0. The smallest absolute Gasteiger partial charge is 0.190 e. The van der Waals surface area contributed by atoms with Gasteiger partial charge in [-0.15, -0.1) is 35.3 Å². The van der Waals surface area contributed by atoms with Gasteiger partial charge in [-0.1, -0.05) is 19.4 Å². The van der Waals surface area contributed by atoms with E-state index in [0.717, 1.165) is 25.1 Å². The Morgan fingerprint density at radius 2 is 2.20 bits per heavy atom. The Morgan fingerprint density at radius 3 is 2.88 bits per heavy atom. The highest BCUT2D eigenvalue weighted by molar-refractivity contribution is 14.0. The maximum Gasteiger partial charge on any atom is 0.190 e. The second kappa shape index (κ2) is 12.9. The lowest BCUT2D eigenvalue weighted by Gasteiger charge is -2.33. The summed E-state index contributed by atoms with van der Waals surface area (Å²) in [5, 5.41) is 9.02. The van der Waals surface area contributed by atoms with Crippen molar-refractivity contribution < 1.29 is 0 Å². The van der Waals surface area contributed by atoms with E-state index in [1.54, 1.807) is 0 Å². The molecule has 2 rings (SSSR count). The molecule has 4 nitrogen and oxygen atoms in total. The second-order valence-corrected chi connectivity index (χ2v) is 7.86. The number of hydrogen-bond donors (Lipinski definition) is 2. The minimum Gasteiger partial charge on any atom is -0.356 e. The summed E-state index contributed by atoms with van der Waals surface area (Å²) in [5.74, 6) is 1.44. The number of likely N-dealkylation sites (tertiary alicyclic amines) is 1. The van der Waals surface area contributed by atoms with Gasteiger partial charge < -0.3 is 15.5 Å². The largest absolute Gasteiger partial charge is 0.356 e. The van der Waals surface area contributed by atoms with Crippen molar-refractivity contribution in [3.63, 3.8) is 0 Å². The molecule has 2 unspecified atom stereocenters. The molecule has 2 N–H and O–H groups in total. The van der Waals surface area contributed by atoms with E-state index in [9.17, 15) is 0 Å². The molecule has 0 saturated carbocycles. The van der Waals surface area contributed by atoms with Gasteiger partial charge in [-0.2, -0.15) is 0 Å². The normalized spacial score (nSPS) is 20.0. The molecule has 2 heterocycles. The van der Waals surface area contributed by atoms with Gasteiger partial charge in [0.15, 0.2) is 5.96 Å². The van der Waals surface area contributed by atoms with Crippen LogP contribution in [0.15, 0.2) is 22.5 Å². The van der Waals surface area contributed by atoms with Gasteiger partial charge >= 0.3 is 0 Å². The third-order valence-electron chi connectivity index (χ3n) is 4.93. The number of guanidine groups is 1. The number of thiophene rings is 1. The third-order valence-corrected chi connectivity index (χ3v) is 6.04. The van der Waals surface area contributed by atoms with E-state index in [4.69, 9.17) is 0 Å². The summed E-state index contributed by atoms with van der Waals surface area (Å²) in [6, 6.07) is 5.10. The zero-order valence-electron chi connectivity index (χ0n) is 16.0. The molecule has 0 amide bonds. The molecule has 1 aliphatic heterocycles. The van der Waals surface area contributed by atoms with Crippen molar-refractivity contribution in [1.82, 2.24) is 15.5 Å². The molecule has 0 radical (unpaired) electrons. The average molecular weight is 478 g/mol. The Bertz CT molecular complexity index is 478. The minimum atomic E-state index is 0. The third kappa shape index (κ3) is 8.26. The number of nitrogens with one attached hydrogen (secondary N) is 2. The van der Waals surface area contributed by atoms with Crippen LogP contribution in [0, 0.1) is 0 Å². The van der Waals surface area contributed by atoms with Crippen molar-refractivity contribution >= 4 is 41.3 Å². The van der Waals surface area contributed by atoms with Crippen LogP contribution in [0.4, 0.5) is 0 Å². The van der Waals surface area contributed by atoms with E-state index in [2.05, 4.69) is 51.9 Å². The van der Waals surface area contributed by atoms with Crippen LogP contribution >= 0.6 is 35.3 Å². The highest BCUT2D eigenvalue weighted by Gasteiger charge is 2.17. The van der Waals surface area contributed by atoms with Gasteiger partial charge in [-0.3, -0.25) is 4.99 Å².